The highest BCUT2D eigenvalue weighted by molar-refractivity contribution is 6.34. The van der Waals surface area contributed by atoms with Crippen LogP contribution in [0.4, 0.5) is 13.2 Å². The summed E-state index contributed by atoms with van der Waals surface area (Å²) in [5, 5.41) is 0.123. The molecule has 94 valence electrons. The van der Waals surface area contributed by atoms with Crippen molar-refractivity contribution in [1.29, 1.82) is 0 Å². The maximum Gasteiger partial charge on any atom is 0.573 e. The summed E-state index contributed by atoms with van der Waals surface area (Å²) < 4.78 is 39.7. The van der Waals surface area contributed by atoms with Gasteiger partial charge in [-0.15, -0.1) is 13.2 Å². The number of Topliss-reactive ketones (excluding diaryl/α,β-unsaturated/α-hetero) is 1. The second-order valence-corrected chi connectivity index (χ2v) is 3.77. The Morgan fingerprint density at radius 2 is 2.06 bits per heavy atom. The molecule has 0 aliphatic carbocycles. The first kappa shape index (κ1) is 13.8. The predicted molar refractivity (Wildman–Crippen MR) is 57.4 cm³/mol. The average molecular weight is 267 g/mol. The largest absolute Gasteiger partial charge is 0.573 e. The second kappa shape index (κ2) is 5.40. The first-order chi connectivity index (χ1) is 7.83. The van der Waals surface area contributed by atoms with Crippen LogP contribution >= 0.6 is 11.6 Å². The summed E-state index contributed by atoms with van der Waals surface area (Å²) in [4.78, 5) is 11.6. The number of carbonyl (C=O) groups excluding carboxylic acids is 1. The molecular formula is C11H10ClF3O2. The van der Waals surface area contributed by atoms with Crippen molar-refractivity contribution in [3.8, 4) is 5.75 Å². The number of carbonyl (C=O) groups is 1. The Kier molecular flexibility index (Phi) is 4.40. The van der Waals surface area contributed by atoms with Gasteiger partial charge in [0.15, 0.2) is 5.78 Å². The first-order valence-corrected chi connectivity index (χ1v) is 5.29. The molecule has 0 atom stereocenters. The molecule has 0 N–H and O–H groups in total. The highest BCUT2D eigenvalue weighted by atomic mass is 35.5. The highest BCUT2D eigenvalue weighted by Crippen LogP contribution is 2.28. The van der Waals surface area contributed by atoms with Crippen LogP contribution in [0.1, 0.15) is 30.1 Å². The monoisotopic (exact) mass is 266 g/mol. The van der Waals surface area contributed by atoms with Crippen LogP contribution in [-0.2, 0) is 0 Å². The molecule has 0 radical (unpaired) electrons. The molecule has 0 aromatic heterocycles. The van der Waals surface area contributed by atoms with Crippen molar-refractivity contribution in [1.82, 2.24) is 0 Å². The molecule has 0 fully saturated rings. The van der Waals surface area contributed by atoms with E-state index in [9.17, 15) is 18.0 Å². The third-order valence-corrected chi connectivity index (χ3v) is 2.28. The number of benzene rings is 1. The fourth-order valence-electron chi connectivity index (χ4n) is 1.28. The summed E-state index contributed by atoms with van der Waals surface area (Å²) in [6.07, 6.45) is -3.95. The predicted octanol–water partition coefficient (Wildman–Crippen LogP) is 4.22. The number of ketones is 1. The minimum absolute atomic E-state index is 0.0512. The molecule has 1 rings (SSSR count). The van der Waals surface area contributed by atoms with Crippen molar-refractivity contribution in [2.45, 2.75) is 26.1 Å². The molecule has 1 aromatic carbocycles. The van der Waals surface area contributed by atoms with Gasteiger partial charge >= 0.3 is 6.36 Å². The minimum atomic E-state index is -4.78. The summed E-state index contributed by atoms with van der Waals surface area (Å²) in [7, 11) is 0. The molecule has 17 heavy (non-hydrogen) atoms. The lowest BCUT2D eigenvalue weighted by Crippen LogP contribution is -2.17. The Labute approximate surface area is 101 Å². The Morgan fingerprint density at radius 3 is 2.59 bits per heavy atom. The SMILES string of the molecule is CCCC(=O)c1cc(OC(F)(F)F)ccc1Cl. The van der Waals surface area contributed by atoms with E-state index < -0.39 is 12.1 Å². The molecule has 2 nitrogen and oxygen atoms in total. The van der Waals surface area contributed by atoms with E-state index in [1.54, 1.807) is 6.92 Å². The van der Waals surface area contributed by atoms with Gasteiger partial charge in [0.25, 0.3) is 0 Å². The number of hydrogen-bond acceptors (Lipinski definition) is 2. The minimum Gasteiger partial charge on any atom is -0.406 e. The number of halogens is 4. The van der Waals surface area contributed by atoms with Crippen LogP contribution in [0.15, 0.2) is 18.2 Å². The van der Waals surface area contributed by atoms with Crippen LogP contribution in [-0.4, -0.2) is 12.1 Å². The van der Waals surface area contributed by atoms with Gasteiger partial charge in [-0.1, -0.05) is 18.5 Å². The maximum absolute atomic E-state index is 12.0. The summed E-state index contributed by atoms with van der Waals surface area (Å²) in [6.45, 7) is 1.79. The smallest absolute Gasteiger partial charge is 0.406 e. The Bertz CT molecular complexity index is 416. The van der Waals surface area contributed by atoms with Gasteiger partial charge in [-0.3, -0.25) is 4.79 Å². The van der Waals surface area contributed by atoms with Crippen LogP contribution in [0.3, 0.4) is 0 Å². The fraction of sp³-hybridized carbons (Fsp3) is 0.364. The second-order valence-electron chi connectivity index (χ2n) is 3.36. The molecule has 0 saturated heterocycles. The normalized spacial score (nSPS) is 11.4. The topological polar surface area (TPSA) is 26.3 Å². The van der Waals surface area contributed by atoms with E-state index in [2.05, 4.69) is 4.74 Å². The van der Waals surface area contributed by atoms with Gasteiger partial charge in [0, 0.05) is 12.0 Å². The zero-order valence-electron chi connectivity index (χ0n) is 8.97. The van der Waals surface area contributed by atoms with Gasteiger partial charge in [-0.2, -0.15) is 0 Å². The van der Waals surface area contributed by atoms with Gasteiger partial charge in [-0.25, -0.2) is 0 Å². The van der Waals surface area contributed by atoms with Crippen molar-refractivity contribution >= 4 is 17.4 Å². The van der Waals surface area contributed by atoms with E-state index in [-0.39, 0.29) is 22.8 Å². The van der Waals surface area contributed by atoms with Gasteiger partial charge in [-0.05, 0) is 24.6 Å². The highest BCUT2D eigenvalue weighted by Gasteiger charge is 2.31. The fourth-order valence-corrected chi connectivity index (χ4v) is 1.50. The number of alkyl halides is 3. The molecule has 1 aromatic rings. The van der Waals surface area contributed by atoms with E-state index in [0.29, 0.717) is 6.42 Å². The van der Waals surface area contributed by atoms with Gasteiger partial charge in [0.05, 0.1) is 5.02 Å². The van der Waals surface area contributed by atoms with Crippen LogP contribution < -0.4 is 4.74 Å². The Hall–Kier alpha value is -1.23. The molecule has 0 unspecified atom stereocenters. The third kappa shape index (κ3) is 4.26. The lowest BCUT2D eigenvalue weighted by atomic mass is 10.1. The molecular weight excluding hydrogens is 257 g/mol. The quantitative estimate of drug-likeness (QED) is 0.763. The van der Waals surface area contributed by atoms with Crippen LogP contribution in [0.2, 0.25) is 5.02 Å². The van der Waals surface area contributed by atoms with Crippen LogP contribution in [0.25, 0.3) is 0 Å². The third-order valence-electron chi connectivity index (χ3n) is 1.95. The van der Waals surface area contributed by atoms with Gasteiger partial charge < -0.3 is 4.74 Å². The maximum atomic E-state index is 12.0. The van der Waals surface area contributed by atoms with Crippen molar-refractivity contribution in [3.05, 3.63) is 28.8 Å². The van der Waals surface area contributed by atoms with Crippen LogP contribution in [0, 0.1) is 0 Å². The first-order valence-electron chi connectivity index (χ1n) is 4.92. The van der Waals surface area contributed by atoms with E-state index in [1.807, 2.05) is 0 Å². The van der Waals surface area contributed by atoms with E-state index in [1.165, 1.54) is 6.07 Å². The molecule has 6 heteroatoms. The van der Waals surface area contributed by atoms with Gasteiger partial charge in [0.2, 0.25) is 0 Å². The Balaban J connectivity index is 2.98. The summed E-state index contributed by atoms with van der Waals surface area (Å²) in [6, 6.07) is 3.29. The van der Waals surface area contributed by atoms with Crippen LogP contribution in [0.5, 0.6) is 5.75 Å². The standard InChI is InChI=1S/C11H10ClF3O2/c1-2-3-10(16)8-6-7(4-5-9(8)12)17-11(13,14)15/h4-6H,2-3H2,1H3. The van der Waals surface area contributed by atoms with Crippen molar-refractivity contribution in [2.75, 3.05) is 0 Å². The number of ether oxygens (including phenoxy) is 1. The molecule has 0 aliphatic rings. The summed E-state index contributed by atoms with van der Waals surface area (Å²) in [5.74, 6) is -0.744. The van der Waals surface area contributed by atoms with E-state index in [0.717, 1.165) is 12.1 Å². The Morgan fingerprint density at radius 1 is 1.41 bits per heavy atom. The van der Waals surface area contributed by atoms with E-state index in [4.69, 9.17) is 11.6 Å². The van der Waals surface area contributed by atoms with E-state index >= 15 is 0 Å². The molecule has 0 heterocycles. The molecule has 0 saturated carbocycles. The molecule has 0 spiro atoms. The molecule has 0 amide bonds. The number of hydrogen-bond donors (Lipinski definition) is 0. The molecule has 0 bridgehead atoms. The average Bonchev–Trinajstić information content (AvgIpc) is 2.19. The molecule has 0 aliphatic heterocycles. The van der Waals surface area contributed by atoms with Gasteiger partial charge in [0.1, 0.15) is 5.75 Å². The zero-order valence-corrected chi connectivity index (χ0v) is 9.73. The lowest BCUT2D eigenvalue weighted by molar-refractivity contribution is -0.274. The number of rotatable bonds is 4. The zero-order chi connectivity index (χ0) is 13.1. The van der Waals surface area contributed by atoms with Crippen molar-refractivity contribution in [2.24, 2.45) is 0 Å². The summed E-state index contributed by atoms with van der Waals surface area (Å²) >= 11 is 5.74. The summed E-state index contributed by atoms with van der Waals surface area (Å²) in [5.41, 5.74) is 0.0512. The van der Waals surface area contributed by atoms with Crippen molar-refractivity contribution < 1.29 is 22.7 Å². The lowest BCUT2D eigenvalue weighted by Gasteiger charge is -2.10. The van der Waals surface area contributed by atoms with Crippen molar-refractivity contribution in [3.63, 3.8) is 0 Å².